The maximum Gasteiger partial charge on any atom is 0.379 e. The van der Waals surface area contributed by atoms with Gasteiger partial charge < -0.3 is 26.2 Å². The number of primary amides is 1. The van der Waals surface area contributed by atoms with Gasteiger partial charge in [-0.05, 0) is 48.9 Å². The Labute approximate surface area is 229 Å². The van der Waals surface area contributed by atoms with Crippen molar-refractivity contribution in [2.75, 3.05) is 20.7 Å². The Bertz CT molecular complexity index is 1160. The molecule has 0 spiro atoms. The van der Waals surface area contributed by atoms with Gasteiger partial charge in [0, 0.05) is 31.4 Å². The smallest absolute Gasteiger partial charge is 0.379 e. The standard InChI is InChI=1S/C13H15N3O3S.C10H13NO.C2H2O.CHF3/c1-9(18)15-7-6-11-3-2-10(20-11)4-5-12(13(14)19)16-8-17;1-11-6-8-3-4-10(12-2)5-9(8)7-11;1-2-3;2-1(3)4/h2-3,8,12H,6-7H2,1H3,(H2,14,19)(H,15,18)(H,16,17);3-5H,6-7H2,1-2H3;1,3H;1H. The predicted octanol–water partition coefficient (Wildman–Crippen LogP) is 2.15. The molecule has 2 aromatic rings. The molecular formula is C26H31F3N4O5S. The second kappa shape index (κ2) is 19.9. The number of aliphatic hydroxyl groups excluding tert-OH is 1. The number of terminal acetylenes is 1. The molecule has 1 aromatic carbocycles. The van der Waals surface area contributed by atoms with Crippen LogP contribution in [0.15, 0.2) is 30.3 Å². The fourth-order valence-electron chi connectivity index (χ4n) is 3.02. The third-order valence-electron chi connectivity index (χ3n) is 4.56. The molecule has 13 heteroatoms. The highest BCUT2D eigenvalue weighted by Crippen LogP contribution is 2.25. The van der Waals surface area contributed by atoms with E-state index in [1.54, 1.807) is 7.11 Å². The molecule has 39 heavy (non-hydrogen) atoms. The fraction of sp³-hybridized carbons (Fsp3) is 0.346. The number of amides is 3. The number of methoxy groups -OCH3 is 1. The molecule has 0 saturated carbocycles. The van der Waals surface area contributed by atoms with Crippen LogP contribution in [0.2, 0.25) is 0 Å². The first-order valence-corrected chi connectivity index (χ1v) is 12.0. The minimum absolute atomic E-state index is 0.0641. The Kier molecular flexibility index (Phi) is 17.7. The molecule has 1 aromatic heterocycles. The van der Waals surface area contributed by atoms with Crippen LogP contribution in [0.5, 0.6) is 5.75 Å². The summed E-state index contributed by atoms with van der Waals surface area (Å²) in [5.74, 6) is 5.58. The van der Waals surface area contributed by atoms with Crippen LogP contribution in [0, 0.1) is 24.4 Å². The average Bonchev–Trinajstić information content (AvgIpc) is 3.46. The number of alkyl halides is 3. The molecule has 0 saturated heterocycles. The van der Waals surface area contributed by atoms with Crippen molar-refractivity contribution in [1.82, 2.24) is 15.5 Å². The number of rotatable bonds is 7. The lowest BCUT2D eigenvalue weighted by Crippen LogP contribution is -2.39. The molecule has 1 aliphatic rings. The molecule has 3 rings (SSSR count). The van der Waals surface area contributed by atoms with Gasteiger partial charge in [-0.2, -0.15) is 13.2 Å². The SMILES string of the molecule is C#CO.CC(=O)NCCc1ccc(C#CC(NC=O)C(N)=O)s1.COc1ccc2c(c1)CN(C)C2.FC(F)F. The molecule has 212 valence electrons. The summed E-state index contributed by atoms with van der Waals surface area (Å²) in [4.78, 5) is 36.1. The molecule has 0 bridgehead atoms. The van der Waals surface area contributed by atoms with Crippen LogP contribution in [0.4, 0.5) is 13.2 Å². The number of hydrogen-bond acceptors (Lipinski definition) is 7. The Balaban J connectivity index is 0.000000637. The number of thiophene rings is 1. The van der Waals surface area contributed by atoms with E-state index in [-0.39, 0.29) is 5.91 Å². The number of halogens is 3. The summed E-state index contributed by atoms with van der Waals surface area (Å²) in [5.41, 5.74) is 7.92. The first-order chi connectivity index (χ1) is 18.5. The molecule has 1 atom stereocenters. The first-order valence-electron chi connectivity index (χ1n) is 11.2. The van der Waals surface area contributed by atoms with Gasteiger partial charge in [0.1, 0.15) is 11.9 Å². The van der Waals surface area contributed by atoms with E-state index in [0.717, 1.165) is 35.0 Å². The van der Waals surface area contributed by atoms with E-state index in [1.807, 2.05) is 18.2 Å². The lowest BCUT2D eigenvalue weighted by Gasteiger charge is -2.02. The second-order valence-corrected chi connectivity index (χ2v) is 8.74. The number of aliphatic hydroxyl groups is 1. The monoisotopic (exact) mass is 568 g/mol. The van der Waals surface area contributed by atoms with Crippen LogP contribution < -0.4 is 21.1 Å². The zero-order chi connectivity index (χ0) is 29.8. The van der Waals surface area contributed by atoms with E-state index in [2.05, 4.69) is 53.0 Å². The van der Waals surface area contributed by atoms with E-state index in [9.17, 15) is 27.6 Å². The van der Waals surface area contributed by atoms with E-state index >= 15 is 0 Å². The van der Waals surface area contributed by atoms with Crippen molar-refractivity contribution in [3.63, 3.8) is 0 Å². The Morgan fingerprint density at radius 2 is 1.87 bits per heavy atom. The highest BCUT2D eigenvalue weighted by atomic mass is 32.1. The number of nitrogens with zero attached hydrogens (tertiary/aromatic N) is 1. The minimum Gasteiger partial charge on any atom is -0.497 e. The molecule has 9 nitrogen and oxygen atoms in total. The van der Waals surface area contributed by atoms with Gasteiger partial charge in [0.2, 0.25) is 12.3 Å². The van der Waals surface area contributed by atoms with Crippen molar-refractivity contribution < 1.29 is 37.4 Å². The quantitative estimate of drug-likeness (QED) is 0.299. The van der Waals surface area contributed by atoms with Gasteiger partial charge in [0.15, 0.2) is 6.04 Å². The third-order valence-corrected chi connectivity index (χ3v) is 5.62. The fourth-order valence-corrected chi connectivity index (χ4v) is 3.88. The lowest BCUT2D eigenvalue weighted by molar-refractivity contribution is -0.121. The van der Waals surface area contributed by atoms with Gasteiger partial charge in [-0.15, -0.1) is 11.3 Å². The zero-order valence-electron chi connectivity index (χ0n) is 21.7. The summed E-state index contributed by atoms with van der Waals surface area (Å²) >= 11 is 1.46. The number of nitrogens with two attached hydrogens (primary N) is 1. The van der Waals surface area contributed by atoms with Crippen LogP contribution >= 0.6 is 11.3 Å². The number of carbonyl (C=O) groups excluding carboxylic acids is 3. The molecule has 2 heterocycles. The van der Waals surface area contributed by atoms with Gasteiger partial charge in [0.25, 0.3) is 5.91 Å². The van der Waals surface area contributed by atoms with Gasteiger partial charge in [-0.25, -0.2) is 0 Å². The maximum absolute atomic E-state index is 11.0. The first kappa shape index (κ1) is 34.8. The largest absolute Gasteiger partial charge is 0.497 e. The van der Waals surface area contributed by atoms with Crippen LogP contribution in [0.3, 0.4) is 0 Å². The highest BCUT2D eigenvalue weighted by Gasteiger charge is 2.15. The van der Waals surface area contributed by atoms with Crippen molar-refractivity contribution in [3.05, 3.63) is 51.2 Å². The Morgan fingerprint density at radius 3 is 2.41 bits per heavy atom. The van der Waals surface area contributed by atoms with Gasteiger partial charge in [-0.3, -0.25) is 19.3 Å². The molecule has 5 N–H and O–H groups in total. The van der Waals surface area contributed by atoms with E-state index in [4.69, 9.17) is 15.6 Å². The van der Waals surface area contributed by atoms with E-state index < -0.39 is 18.6 Å². The summed E-state index contributed by atoms with van der Waals surface area (Å²) in [5, 5.41) is 12.0. The molecule has 0 fully saturated rings. The Morgan fingerprint density at radius 1 is 1.26 bits per heavy atom. The van der Waals surface area contributed by atoms with Gasteiger partial charge in [0.05, 0.1) is 12.0 Å². The summed E-state index contributed by atoms with van der Waals surface area (Å²) < 4.78 is 34.2. The van der Waals surface area contributed by atoms with Crippen LogP contribution in [-0.4, -0.2) is 61.7 Å². The zero-order valence-corrected chi connectivity index (χ0v) is 22.5. The molecule has 0 aliphatic carbocycles. The Hall–Kier alpha value is -4.20. The number of hydrogen-bond donors (Lipinski definition) is 4. The van der Waals surface area contributed by atoms with E-state index in [1.165, 1.54) is 35.5 Å². The van der Waals surface area contributed by atoms with Crippen molar-refractivity contribution >= 4 is 29.6 Å². The van der Waals surface area contributed by atoms with Crippen LogP contribution in [0.25, 0.3) is 0 Å². The van der Waals surface area contributed by atoms with Crippen molar-refractivity contribution in [1.29, 1.82) is 0 Å². The average molecular weight is 569 g/mol. The number of carbonyl (C=O) groups is 3. The summed E-state index contributed by atoms with van der Waals surface area (Å²) in [6.45, 7) is 0.487. The minimum atomic E-state index is -3.67. The number of benzene rings is 1. The molecule has 1 aliphatic heterocycles. The summed E-state index contributed by atoms with van der Waals surface area (Å²) in [6.07, 6.45) is 6.51. The maximum atomic E-state index is 11.0. The second-order valence-electron chi connectivity index (χ2n) is 7.57. The predicted molar refractivity (Wildman–Crippen MR) is 142 cm³/mol. The van der Waals surface area contributed by atoms with Crippen molar-refractivity contribution in [3.8, 4) is 30.1 Å². The van der Waals surface area contributed by atoms with Crippen LogP contribution in [-0.2, 0) is 33.9 Å². The summed E-state index contributed by atoms with van der Waals surface area (Å²) in [6, 6.07) is 9.04. The van der Waals surface area contributed by atoms with Crippen molar-refractivity contribution in [2.45, 2.75) is 39.2 Å². The number of nitrogens with one attached hydrogen (secondary N) is 2. The topological polar surface area (TPSA) is 134 Å². The molecule has 0 radical (unpaired) electrons. The number of fused-ring (bicyclic) bond motifs is 1. The van der Waals surface area contributed by atoms with Crippen LogP contribution in [0.1, 0.15) is 27.8 Å². The summed E-state index contributed by atoms with van der Waals surface area (Å²) in [7, 11) is 3.84. The molecule has 3 amide bonds. The molecular weight excluding hydrogens is 537 g/mol. The third kappa shape index (κ3) is 16.3. The van der Waals surface area contributed by atoms with Gasteiger partial charge in [-0.1, -0.05) is 24.3 Å². The van der Waals surface area contributed by atoms with Crippen molar-refractivity contribution in [2.24, 2.45) is 5.73 Å². The highest BCUT2D eigenvalue weighted by molar-refractivity contribution is 7.12. The van der Waals surface area contributed by atoms with Gasteiger partial charge >= 0.3 is 6.68 Å². The lowest BCUT2D eigenvalue weighted by atomic mass is 10.1. The van der Waals surface area contributed by atoms with E-state index in [0.29, 0.717) is 13.0 Å². The molecule has 1 unspecified atom stereocenters. The normalized spacial score (nSPS) is 11.6. The number of ether oxygens (including phenoxy) is 1.